The van der Waals surface area contributed by atoms with Gasteiger partial charge in [0.05, 0.1) is 0 Å². The minimum Gasteiger partial charge on any atom is -0.385 e. The molecule has 0 spiro atoms. The number of carbonyl (C=O) groups excluding carboxylic acids is 1. The number of piperazine rings is 1. The molecule has 1 aliphatic carbocycles. The summed E-state index contributed by atoms with van der Waals surface area (Å²) in [6.45, 7) is 4.37. The number of nitrogens with one attached hydrogen (secondary N) is 1. The summed E-state index contributed by atoms with van der Waals surface area (Å²) in [5.41, 5.74) is 3.13. The number of anilines is 2. The van der Waals surface area contributed by atoms with Crippen molar-refractivity contribution in [3.8, 4) is 0 Å². The third kappa shape index (κ3) is 3.95. The van der Waals surface area contributed by atoms with Crippen molar-refractivity contribution < 1.29 is 4.79 Å². The molecule has 0 unspecified atom stereocenters. The van der Waals surface area contributed by atoms with Gasteiger partial charge in [0, 0.05) is 49.7 Å². The number of nitrogens with zero attached hydrogens (tertiary/aromatic N) is 2. The van der Waals surface area contributed by atoms with E-state index in [-0.39, 0.29) is 5.91 Å². The molecule has 1 saturated carbocycles. The summed E-state index contributed by atoms with van der Waals surface area (Å²) in [5.74, 6) is 0.990. The average Bonchev–Trinajstić information content (AvgIpc) is 3.52. The molecule has 0 aromatic heterocycles. The predicted octanol–water partition coefficient (Wildman–Crippen LogP) is 3.47. The Labute approximate surface area is 149 Å². The molecule has 1 amide bonds. The molecule has 4 heteroatoms. The molecule has 1 N–H and O–H groups in total. The molecule has 4 rings (SSSR count). The molecule has 0 bridgehead atoms. The second kappa shape index (κ2) is 7.18. The fourth-order valence-electron chi connectivity index (χ4n) is 3.30. The smallest absolute Gasteiger partial charge is 0.253 e. The predicted molar refractivity (Wildman–Crippen MR) is 102 cm³/mol. The highest BCUT2D eigenvalue weighted by Gasteiger charge is 2.23. The van der Waals surface area contributed by atoms with Crippen LogP contribution in [0.4, 0.5) is 11.4 Å². The van der Waals surface area contributed by atoms with E-state index in [1.165, 1.54) is 18.5 Å². The van der Waals surface area contributed by atoms with Crippen molar-refractivity contribution in [1.29, 1.82) is 0 Å². The molecule has 1 heterocycles. The van der Waals surface area contributed by atoms with Crippen LogP contribution in [0.2, 0.25) is 0 Å². The van der Waals surface area contributed by atoms with Gasteiger partial charge in [-0.05, 0) is 55.2 Å². The van der Waals surface area contributed by atoms with E-state index >= 15 is 0 Å². The molecule has 2 fully saturated rings. The Morgan fingerprint density at radius 3 is 2.24 bits per heavy atom. The molecule has 1 saturated heterocycles. The number of para-hydroxylation sites is 1. The van der Waals surface area contributed by atoms with Crippen molar-refractivity contribution in [2.75, 3.05) is 42.9 Å². The van der Waals surface area contributed by atoms with Gasteiger partial charge >= 0.3 is 0 Å². The quantitative estimate of drug-likeness (QED) is 0.909. The fraction of sp³-hybridized carbons (Fsp3) is 0.381. The molecular formula is C21H25N3O. The first-order valence-corrected chi connectivity index (χ1v) is 9.23. The first-order chi connectivity index (χ1) is 12.3. The highest BCUT2D eigenvalue weighted by Crippen LogP contribution is 2.29. The van der Waals surface area contributed by atoms with Gasteiger partial charge in [0.15, 0.2) is 0 Å². The topological polar surface area (TPSA) is 35.6 Å². The van der Waals surface area contributed by atoms with Crippen molar-refractivity contribution >= 4 is 17.3 Å². The Balaban J connectivity index is 1.32. The van der Waals surface area contributed by atoms with Gasteiger partial charge in [-0.1, -0.05) is 18.2 Å². The van der Waals surface area contributed by atoms with Crippen LogP contribution in [0, 0.1) is 5.92 Å². The number of hydrogen-bond donors (Lipinski definition) is 1. The van der Waals surface area contributed by atoms with Crippen LogP contribution < -0.4 is 10.2 Å². The van der Waals surface area contributed by atoms with Crippen molar-refractivity contribution in [2.45, 2.75) is 12.8 Å². The Bertz CT molecular complexity index is 702. The van der Waals surface area contributed by atoms with Gasteiger partial charge in [-0.2, -0.15) is 0 Å². The maximum atomic E-state index is 12.7. The zero-order valence-electron chi connectivity index (χ0n) is 14.5. The maximum Gasteiger partial charge on any atom is 0.253 e. The SMILES string of the molecule is O=C(c1ccc(NCC2CC2)cc1)N1CCN(c2ccccc2)CC1. The Hall–Kier alpha value is -2.49. The summed E-state index contributed by atoms with van der Waals surface area (Å²) in [5, 5.41) is 3.44. The number of benzene rings is 2. The van der Waals surface area contributed by atoms with E-state index < -0.39 is 0 Å². The molecular weight excluding hydrogens is 310 g/mol. The van der Waals surface area contributed by atoms with Crippen molar-refractivity contribution in [1.82, 2.24) is 4.90 Å². The lowest BCUT2D eigenvalue weighted by molar-refractivity contribution is 0.0747. The van der Waals surface area contributed by atoms with Gasteiger partial charge in [-0.3, -0.25) is 4.79 Å². The van der Waals surface area contributed by atoms with E-state index in [0.29, 0.717) is 0 Å². The van der Waals surface area contributed by atoms with Crippen LogP contribution in [-0.4, -0.2) is 43.5 Å². The maximum absolute atomic E-state index is 12.7. The minimum atomic E-state index is 0.140. The van der Waals surface area contributed by atoms with Crippen LogP contribution in [0.25, 0.3) is 0 Å². The van der Waals surface area contributed by atoms with Crippen LogP contribution >= 0.6 is 0 Å². The van der Waals surface area contributed by atoms with Crippen LogP contribution in [-0.2, 0) is 0 Å². The Kier molecular flexibility index (Phi) is 4.59. The molecule has 0 radical (unpaired) electrons. The summed E-state index contributed by atoms with van der Waals surface area (Å²) in [6, 6.07) is 18.4. The third-order valence-corrected chi connectivity index (χ3v) is 5.11. The van der Waals surface area contributed by atoms with Gasteiger partial charge in [0.25, 0.3) is 5.91 Å². The standard InChI is InChI=1S/C21H25N3O/c25-21(18-8-10-19(11-9-18)22-16-17-6-7-17)24-14-12-23(13-15-24)20-4-2-1-3-5-20/h1-5,8-11,17,22H,6-7,12-16H2. The summed E-state index contributed by atoms with van der Waals surface area (Å²) >= 11 is 0. The van der Waals surface area contributed by atoms with Gasteiger partial charge in [0.1, 0.15) is 0 Å². The molecule has 2 aromatic rings. The average molecular weight is 335 g/mol. The third-order valence-electron chi connectivity index (χ3n) is 5.11. The molecule has 25 heavy (non-hydrogen) atoms. The number of hydrogen-bond acceptors (Lipinski definition) is 3. The van der Waals surface area contributed by atoms with E-state index in [1.54, 1.807) is 0 Å². The summed E-state index contributed by atoms with van der Waals surface area (Å²) in [6.07, 6.45) is 2.69. The molecule has 2 aliphatic rings. The van der Waals surface area contributed by atoms with E-state index in [4.69, 9.17) is 0 Å². The summed E-state index contributed by atoms with van der Waals surface area (Å²) in [4.78, 5) is 17.0. The van der Waals surface area contributed by atoms with Gasteiger partial charge in [-0.25, -0.2) is 0 Å². The monoisotopic (exact) mass is 335 g/mol. The van der Waals surface area contributed by atoms with Crippen molar-refractivity contribution in [3.05, 3.63) is 60.2 Å². The zero-order chi connectivity index (χ0) is 17.1. The van der Waals surface area contributed by atoms with Gasteiger partial charge < -0.3 is 15.1 Å². The molecule has 1 aliphatic heterocycles. The second-order valence-electron chi connectivity index (χ2n) is 7.02. The normalized spacial score (nSPS) is 17.4. The molecule has 130 valence electrons. The van der Waals surface area contributed by atoms with Gasteiger partial charge in [0.2, 0.25) is 0 Å². The van der Waals surface area contributed by atoms with Crippen molar-refractivity contribution in [2.24, 2.45) is 5.92 Å². The highest BCUT2D eigenvalue weighted by molar-refractivity contribution is 5.94. The lowest BCUT2D eigenvalue weighted by atomic mass is 10.1. The van der Waals surface area contributed by atoms with Crippen LogP contribution in [0.5, 0.6) is 0 Å². The second-order valence-corrected chi connectivity index (χ2v) is 7.02. The van der Waals surface area contributed by atoms with Gasteiger partial charge in [-0.15, -0.1) is 0 Å². The molecule has 2 aromatic carbocycles. The first-order valence-electron chi connectivity index (χ1n) is 9.23. The Morgan fingerprint density at radius 2 is 1.60 bits per heavy atom. The van der Waals surface area contributed by atoms with E-state index in [1.807, 2.05) is 35.2 Å². The van der Waals surface area contributed by atoms with Crippen LogP contribution in [0.3, 0.4) is 0 Å². The largest absolute Gasteiger partial charge is 0.385 e. The number of amides is 1. The van der Waals surface area contributed by atoms with Crippen LogP contribution in [0.15, 0.2) is 54.6 Å². The van der Waals surface area contributed by atoms with Crippen LogP contribution in [0.1, 0.15) is 23.2 Å². The van der Waals surface area contributed by atoms with Crippen molar-refractivity contribution in [3.63, 3.8) is 0 Å². The number of carbonyl (C=O) groups is 1. The minimum absolute atomic E-state index is 0.140. The summed E-state index contributed by atoms with van der Waals surface area (Å²) in [7, 11) is 0. The summed E-state index contributed by atoms with van der Waals surface area (Å²) < 4.78 is 0. The lowest BCUT2D eigenvalue weighted by Gasteiger charge is -2.36. The first kappa shape index (κ1) is 16.0. The number of rotatable bonds is 5. The lowest BCUT2D eigenvalue weighted by Crippen LogP contribution is -2.48. The Morgan fingerprint density at radius 1 is 0.920 bits per heavy atom. The van der Waals surface area contributed by atoms with E-state index in [9.17, 15) is 4.79 Å². The van der Waals surface area contributed by atoms with E-state index in [0.717, 1.165) is 49.9 Å². The van der Waals surface area contributed by atoms with E-state index in [2.05, 4.69) is 34.5 Å². The zero-order valence-corrected chi connectivity index (χ0v) is 14.5. The fourth-order valence-corrected chi connectivity index (χ4v) is 3.30. The molecule has 4 nitrogen and oxygen atoms in total. The molecule has 0 atom stereocenters. The highest BCUT2D eigenvalue weighted by atomic mass is 16.2.